The Morgan fingerprint density at radius 1 is 0.893 bits per heavy atom. The first kappa shape index (κ1) is 18.7. The number of piperazine rings is 1. The van der Waals surface area contributed by atoms with Crippen molar-refractivity contribution in [3.05, 3.63) is 71.8 Å². The van der Waals surface area contributed by atoms with E-state index in [0.29, 0.717) is 6.42 Å². The van der Waals surface area contributed by atoms with Crippen LogP contribution in [0.25, 0.3) is 0 Å². The molecule has 28 heavy (non-hydrogen) atoms. The van der Waals surface area contributed by atoms with Crippen molar-refractivity contribution in [2.24, 2.45) is 0 Å². The van der Waals surface area contributed by atoms with Crippen molar-refractivity contribution in [2.45, 2.75) is 63.7 Å². The summed E-state index contributed by atoms with van der Waals surface area (Å²) in [7, 11) is 0. The zero-order valence-corrected chi connectivity index (χ0v) is 16.8. The first-order valence-corrected chi connectivity index (χ1v) is 10.2. The minimum absolute atomic E-state index is 0.0775. The van der Waals surface area contributed by atoms with E-state index in [2.05, 4.69) is 0 Å². The second-order valence-corrected chi connectivity index (χ2v) is 8.28. The summed E-state index contributed by atoms with van der Waals surface area (Å²) in [5.74, 6) is 0.160. The highest BCUT2D eigenvalue weighted by atomic mass is 16.2. The average molecular weight is 376 g/mol. The largest absolute Gasteiger partial charge is 0.322 e. The third-order valence-corrected chi connectivity index (χ3v) is 6.59. The first-order chi connectivity index (χ1) is 13.4. The molecule has 0 aromatic heterocycles. The van der Waals surface area contributed by atoms with Gasteiger partial charge in [0.15, 0.2) is 0 Å². The second kappa shape index (κ2) is 7.08. The molecule has 0 saturated carbocycles. The van der Waals surface area contributed by atoms with E-state index < -0.39 is 5.54 Å². The molecule has 0 N–H and O–H groups in total. The lowest BCUT2D eigenvalue weighted by molar-refractivity contribution is -0.173. The van der Waals surface area contributed by atoms with Crippen LogP contribution in [0.15, 0.2) is 60.7 Å². The fourth-order valence-electron chi connectivity index (χ4n) is 5.01. The van der Waals surface area contributed by atoms with Crippen molar-refractivity contribution in [3.8, 4) is 0 Å². The van der Waals surface area contributed by atoms with Gasteiger partial charge in [0.05, 0.1) is 12.1 Å². The van der Waals surface area contributed by atoms with E-state index in [1.807, 2.05) is 91.2 Å². The van der Waals surface area contributed by atoms with Gasteiger partial charge in [-0.05, 0) is 51.2 Å². The fraction of sp³-hybridized carbons (Fsp3) is 0.417. The Labute approximate surface area is 167 Å². The van der Waals surface area contributed by atoms with E-state index in [1.165, 1.54) is 0 Å². The molecule has 4 atom stereocenters. The molecule has 3 fully saturated rings. The molecule has 5 rings (SSSR count). The maximum absolute atomic E-state index is 13.8. The number of hydrogen-bond acceptors (Lipinski definition) is 2. The molecule has 3 saturated heterocycles. The van der Waals surface area contributed by atoms with Crippen molar-refractivity contribution in [3.63, 3.8) is 0 Å². The summed E-state index contributed by atoms with van der Waals surface area (Å²) in [5, 5.41) is 0. The number of rotatable bonds is 4. The lowest BCUT2D eigenvalue weighted by atomic mass is 9.87. The number of nitrogens with zero attached hydrogens (tertiary/aromatic N) is 2. The van der Waals surface area contributed by atoms with Crippen LogP contribution in [0.5, 0.6) is 0 Å². The average Bonchev–Trinajstić information content (AvgIpc) is 2.94. The molecule has 0 radical (unpaired) electrons. The van der Waals surface area contributed by atoms with Crippen LogP contribution in [-0.4, -0.2) is 33.2 Å². The summed E-state index contributed by atoms with van der Waals surface area (Å²) in [6.07, 6.45) is 2.33. The second-order valence-electron chi connectivity index (χ2n) is 8.28. The normalized spacial score (nSPS) is 26.9. The van der Waals surface area contributed by atoms with Gasteiger partial charge >= 0.3 is 0 Å². The highest BCUT2D eigenvalue weighted by Crippen LogP contribution is 2.44. The van der Waals surface area contributed by atoms with Crippen LogP contribution in [-0.2, 0) is 9.59 Å². The SMILES string of the molecule is C[C@@H](c1ccccc1)N1C(=O)[C@@]2(C)CCC[C@@H]1C(=O)N2[C@@H](C)c1ccccc1. The topological polar surface area (TPSA) is 40.6 Å². The number of fused-ring (bicyclic) bond motifs is 4. The van der Waals surface area contributed by atoms with Gasteiger partial charge in [0.25, 0.3) is 0 Å². The quantitative estimate of drug-likeness (QED) is 0.789. The molecule has 146 valence electrons. The molecule has 4 nitrogen and oxygen atoms in total. The van der Waals surface area contributed by atoms with Crippen molar-refractivity contribution >= 4 is 11.8 Å². The molecule has 3 aliphatic heterocycles. The number of carbonyl (C=O) groups excluding carboxylic acids is 2. The molecule has 2 aromatic rings. The minimum atomic E-state index is -0.803. The maximum Gasteiger partial charge on any atom is 0.249 e. The molecule has 3 aliphatic rings. The van der Waals surface area contributed by atoms with Crippen molar-refractivity contribution in [1.82, 2.24) is 9.80 Å². The van der Waals surface area contributed by atoms with Crippen molar-refractivity contribution < 1.29 is 9.59 Å². The molecule has 2 aromatic carbocycles. The third-order valence-electron chi connectivity index (χ3n) is 6.59. The van der Waals surface area contributed by atoms with Gasteiger partial charge in [0.1, 0.15) is 11.6 Å². The Morgan fingerprint density at radius 3 is 2.00 bits per heavy atom. The molecular weight excluding hydrogens is 348 g/mol. The Morgan fingerprint density at radius 2 is 1.43 bits per heavy atom. The highest BCUT2D eigenvalue weighted by Gasteiger charge is 2.57. The molecule has 0 aliphatic carbocycles. The van der Waals surface area contributed by atoms with Crippen LogP contribution >= 0.6 is 0 Å². The Kier molecular flexibility index (Phi) is 4.74. The zero-order valence-electron chi connectivity index (χ0n) is 16.8. The fourth-order valence-corrected chi connectivity index (χ4v) is 5.01. The lowest BCUT2D eigenvalue weighted by Gasteiger charge is -2.52. The van der Waals surface area contributed by atoms with E-state index in [4.69, 9.17) is 0 Å². The van der Waals surface area contributed by atoms with Crippen LogP contribution < -0.4 is 0 Å². The summed E-state index contributed by atoms with van der Waals surface area (Å²) in [5.41, 5.74) is 1.34. The van der Waals surface area contributed by atoms with Gasteiger partial charge in [-0.1, -0.05) is 60.7 Å². The van der Waals surface area contributed by atoms with Gasteiger partial charge in [-0.15, -0.1) is 0 Å². The monoisotopic (exact) mass is 376 g/mol. The molecule has 2 amide bonds. The number of carbonyl (C=O) groups is 2. The van der Waals surface area contributed by atoms with Gasteiger partial charge in [-0.2, -0.15) is 0 Å². The van der Waals surface area contributed by atoms with E-state index in [1.54, 1.807) is 0 Å². The summed E-state index contributed by atoms with van der Waals surface area (Å²) < 4.78 is 0. The van der Waals surface area contributed by atoms with E-state index >= 15 is 0 Å². The molecular formula is C24H28N2O2. The van der Waals surface area contributed by atoms with Gasteiger partial charge < -0.3 is 9.80 Å². The molecule has 4 heteroatoms. The lowest BCUT2D eigenvalue weighted by Crippen LogP contribution is -2.69. The van der Waals surface area contributed by atoms with Crippen LogP contribution in [0, 0.1) is 0 Å². The van der Waals surface area contributed by atoms with Crippen LogP contribution in [0.3, 0.4) is 0 Å². The van der Waals surface area contributed by atoms with Crippen molar-refractivity contribution in [2.75, 3.05) is 0 Å². The van der Waals surface area contributed by atoms with Crippen LogP contribution in [0.2, 0.25) is 0 Å². The first-order valence-electron chi connectivity index (χ1n) is 10.2. The standard InChI is InChI=1S/C24H28N2O2/c1-17(19-11-6-4-7-12-19)25-21-15-10-16-24(3,23(25)28)26(22(21)27)18(2)20-13-8-5-9-14-20/h4-9,11-14,17-18,21H,10,15-16H2,1-3H3/t17-,18-,21+,24+/m0/s1. The number of amides is 2. The minimum Gasteiger partial charge on any atom is -0.322 e. The van der Waals surface area contributed by atoms with Crippen LogP contribution in [0.1, 0.15) is 63.2 Å². The predicted octanol–water partition coefficient (Wildman–Crippen LogP) is 4.49. The summed E-state index contributed by atoms with van der Waals surface area (Å²) in [6, 6.07) is 19.4. The van der Waals surface area contributed by atoms with E-state index in [-0.39, 0.29) is 29.9 Å². The smallest absolute Gasteiger partial charge is 0.249 e. The van der Waals surface area contributed by atoms with Crippen molar-refractivity contribution in [1.29, 1.82) is 0 Å². The van der Waals surface area contributed by atoms with Gasteiger partial charge in [-0.3, -0.25) is 9.59 Å². The summed E-state index contributed by atoms with van der Waals surface area (Å²) in [4.78, 5) is 31.1. The number of hydrogen-bond donors (Lipinski definition) is 0. The molecule has 3 heterocycles. The van der Waals surface area contributed by atoms with Gasteiger partial charge in [-0.25, -0.2) is 0 Å². The van der Waals surface area contributed by atoms with E-state index in [0.717, 1.165) is 24.0 Å². The zero-order chi connectivity index (χ0) is 19.9. The Balaban J connectivity index is 1.74. The predicted molar refractivity (Wildman–Crippen MR) is 109 cm³/mol. The molecule has 2 bridgehead atoms. The van der Waals surface area contributed by atoms with Gasteiger partial charge in [0.2, 0.25) is 11.8 Å². The highest BCUT2D eigenvalue weighted by molar-refractivity contribution is 6.00. The summed E-state index contributed by atoms with van der Waals surface area (Å²) >= 11 is 0. The molecule has 0 spiro atoms. The van der Waals surface area contributed by atoms with E-state index in [9.17, 15) is 9.59 Å². The Hall–Kier alpha value is -2.62. The summed E-state index contributed by atoms with van der Waals surface area (Å²) in [6.45, 7) is 6.03. The number of benzene rings is 2. The maximum atomic E-state index is 13.8. The van der Waals surface area contributed by atoms with Crippen LogP contribution in [0.4, 0.5) is 0 Å². The Bertz CT molecular complexity index is 867. The third kappa shape index (κ3) is 2.83. The van der Waals surface area contributed by atoms with Gasteiger partial charge in [0, 0.05) is 0 Å². The molecule has 0 unspecified atom stereocenters.